The van der Waals surface area contributed by atoms with Gasteiger partial charge in [-0.3, -0.25) is 28.7 Å². The standard InChI is InChI=1S/C35H47N7O5/c1-20(2)17-28-35(47)41(7)23(6)32(44)36-22(5)31(43)39-29(21(3)4)33(45)37-25(18-24-13-9-8-10-14-24)19-42-30(34(46)38-28)26-15-11-12-16-27(26)40-42/h8-16,20-23,25,28-29H,17-19H2,1-7H3,(H,36,44)(H,37,45)(H,38,46)(H,39,43)/t22-,23+,25+,28+,29+/m1/s1. The van der Waals surface area contributed by atoms with Crippen LogP contribution in [0.3, 0.4) is 0 Å². The predicted molar refractivity (Wildman–Crippen MR) is 179 cm³/mol. The molecular formula is C35H47N7O5. The zero-order valence-corrected chi connectivity index (χ0v) is 28.2. The van der Waals surface area contributed by atoms with Crippen molar-refractivity contribution in [2.24, 2.45) is 11.8 Å². The summed E-state index contributed by atoms with van der Waals surface area (Å²) in [6, 6.07) is 12.6. The molecule has 0 bridgehead atoms. The van der Waals surface area contributed by atoms with Crippen LogP contribution in [0.15, 0.2) is 54.6 Å². The average molecular weight is 646 g/mol. The van der Waals surface area contributed by atoms with Crippen LogP contribution in [0.4, 0.5) is 0 Å². The normalized spacial score (nSPS) is 23.9. The highest BCUT2D eigenvalue weighted by Crippen LogP contribution is 2.21. The third kappa shape index (κ3) is 8.55. The summed E-state index contributed by atoms with van der Waals surface area (Å²) in [5.41, 5.74) is 1.80. The molecule has 5 atom stereocenters. The van der Waals surface area contributed by atoms with Gasteiger partial charge in [-0.2, -0.15) is 5.10 Å². The van der Waals surface area contributed by atoms with E-state index < -0.39 is 59.7 Å². The van der Waals surface area contributed by atoms with Crippen LogP contribution in [0.1, 0.15) is 64.0 Å². The maximum atomic E-state index is 14.2. The van der Waals surface area contributed by atoms with Gasteiger partial charge in [-0.1, -0.05) is 76.2 Å². The Balaban J connectivity index is 1.83. The van der Waals surface area contributed by atoms with Crippen molar-refractivity contribution in [3.05, 3.63) is 65.9 Å². The van der Waals surface area contributed by atoms with Crippen LogP contribution >= 0.6 is 0 Å². The van der Waals surface area contributed by atoms with Gasteiger partial charge >= 0.3 is 0 Å². The second kappa shape index (κ2) is 15.2. The first kappa shape index (κ1) is 35.1. The maximum absolute atomic E-state index is 14.2. The highest BCUT2D eigenvalue weighted by molar-refractivity contribution is 6.06. The first-order valence-electron chi connectivity index (χ1n) is 16.2. The van der Waals surface area contributed by atoms with E-state index in [1.54, 1.807) is 23.7 Å². The number of hydrogen-bond acceptors (Lipinski definition) is 6. The maximum Gasteiger partial charge on any atom is 0.270 e. The summed E-state index contributed by atoms with van der Waals surface area (Å²) in [5, 5.41) is 16.9. The van der Waals surface area contributed by atoms with Crippen LogP contribution in [0, 0.1) is 11.8 Å². The number of aromatic nitrogens is 2. The van der Waals surface area contributed by atoms with Crippen molar-refractivity contribution >= 4 is 40.4 Å². The largest absolute Gasteiger partial charge is 0.349 e. The third-order valence-electron chi connectivity index (χ3n) is 8.54. The average Bonchev–Trinajstić information content (AvgIpc) is 3.39. The molecule has 5 amide bonds. The number of carbonyl (C=O) groups is 5. The summed E-state index contributed by atoms with van der Waals surface area (Å²) in [4.78, 5) is 69.6. The quantitative estimate of drug-likeness (QED) is 0.334. The number of likely N-dealkylation sites (N-methyl/N-ethyl adjacent to an activating group) is 1. The zero-order valence-electron chi connectivity index (χ0n) is 28.2. The summed E-state index contributed by atoms with van der Waals surface area (Å²) >= 11 is 0. The molecule has 12 nitrogen and oxygen atoms in total. The number of carbonyl (C=O) groups excluding carboxylic acids is 5. The molecule has 12 heteroatoms. The van der Waals surface area contributed by atoms with Gasteiger partial charge in [-0.05, 0) is 50.2 Å². The summed E-state index contributed by atoms with van der Waals surface area (Å²) < 4.78 is 1.58. The monoisotopic (exact) mass is 645 g/mol. The predicted octanol–water partition coefficient (Wildman–Crippen LogP) is 2.41. The Bertz CT molecular complexity index is 1600. The van der Waals surface area contributed by atoms with Crippen molar-refractivity contribution in [3.8, 4) is 0 Å². The van der Waals surface area contributed by atoms with Crippen LogP contribution in [-0.4, -0.2) is 81.5 Å². The number of hydrogen-bond donors (Lipinski definition) is 4. The highest BCUT2D eigenvalue weighted by Gasteiger charge is 2.34. The molecule has 0 aliphatic carbocycles. The molecule has 0 unspecified atom stereocenters. The molecule has 4 N–H and O–H groups in total. The molecule has 2 aromatic carbocycles. The number of rotatable bonds is 5. The Kier molecular flexibility index (Phi) is 11.4. The number of fused-ring (bicyclic) bond motifs is 3. The van der Waals surface area contributed by atoms with E-state index >= 15 is 0 Å². The molecule has 2 heterocycles. The van der Waals surface area contributed by atoms with E-state index in [4.69, 9.17) is 5.10 Å². The Hall–Kier alpha value is -4.74. The molecule has 0 spiro atoms. The first-order valence-corrected chi connectivity index (χ1v) is 16.2. The molecule has 0 saturated carbocycles. The zero-order chi connectivity index (χ0) is 34.4. The second-order valence-corrected chi connectivity index (χ2v) is 13.2. The summed E-state index contributed by atoms with van der Waals surface area (Å²) in [7, 11) is 1.50. The fourth-order valence-electron chi connectivity index (χ4n) is 5.76. The van der Waals surface area contributed by atoms with E-state index in [0.29, 0.717) is 23.7 Å². The van der Waals surface area contributed by atoms with E-state index in [1.165, 1.54) is 18.9 Å². The summed E-state index contributed by atoms with van der Waals surface area (Å²) in [6.45, 7) is 10.8. The van der Waals surface area contributed by atoms with Gasteiger partial charge < -0.3 is 26.2 Å². The number of nitrogens with zero attached hydrogens (tertiary/aromatic N) is 3. The van der Waals surface area contributed by atoms with E-state index in [1.807, 2.05) is 70.2 Å². The highest BCUT2D eigenvalue weighted by atomic mass is 16.2. The minimum absolute atomic E-state index is 0.0457. The molecule has 3 aromatic rings. The Morgan fingerprint density at radius 3 is 2.13 bits per heavy atom. The van der Waals surface area contributed by atoms with E-state index in [-0.39, 0.29) is 24.1 Å². The molecule has 0 radical (unpaired) electrons. The van der Waals surface area contributed by atoms with Gasteiger partial charge in [-0.15, -0.1) is 0 Å². The number of amides is 5. The molecule has 1 aromatic heterocycles. The van der Waals surface area contributed by atoms with Crippen molar-refractivity contribution in [3.63, 3.8) is 0 Å². The molecule has 1 aliphatic heterocycles. The van der Waals surface area contributed by atoms with E-state index in [0.717, 1.165) is 5.56 Å². The van der Waals surface area contributed by atoms with Gasteiger partial charge in [0.2, 0.25) is 23.6 Å². The van der Waals surface area contributed by atoms with Crippen LogP contribution < -0.4 is 21.3 Å². The minimum Gasteiger partial charge on any atom is -0.349 e. The molecule has 252 valence electrons. The van der Waals surface area contributed by atoms with Gasteiger partial charge in [0.15, 0.2) is 0 Å². The Labute approximate surface area is 276 Å². The van der Waals surface area contributed by atoms with Crippen LogP contribution in [0.25, 0.3) is 10.9 Å². The van der Waals surface area contributed by atoms with Crippen LogP contribution in [0.5, 0.6) is 0 Å². The molecule has 47 heavy (non-hydrogen) atoms. The lowest BCUT2D eigenvalue weighted by Crippen LogP contribution is -2.59. The van der Waals surface area contributed by atoms with Gasteiger partial charge in [-0.25, -0.2) is 0 Å². The molecule has 4 rings (SSSR count). The molecule has 0 fully saturated rings. The lowest BCUT2D eigenvalue weighted by Gasteiger charge is -2.31. The minimum atomic E-state index is -0.980. The molecule has 0 saturated heterocycles. The fraction of sp³-hybridized carbons (Fsp3) is 0.486. The lowest BCUT2D eigenvalue weighted by atomic mass is 10.0. The van der Waals surface area contributed by atoms with Crippen LogP contribution in [0.2, 0.25) is 0 Å². The summed E-state index contributed by atoms with van der Waals surface area (Å²) in [5.74, 6) is -2.63. The topological polar surface area (TPSA) is 155 Å². The Morgan fingerprint density at radius 1 is 0.809 bits per heavy atom. The SMILES string of the molecule is CC(C)C[C@@H]1NC(=O)c2c3ccccc3nn2C[C@H](Cc2ccccc2)NC(=O)[C@H](C(C)C)NC(=O)[C@@H](C)NC(=O)[C@H](C)N(C)C1=O. The second-order valence-electron chi connectivity index (χ2n) is 13.2. The van der Waals surface area contributed by atoms with E-state index in [9.17, 15) is 24.0 Å². The summed E-state index contributed by atoms with van der Waals surface area (Å²) in [6.07, 6.45) is 0.754. The van der Waals surface area contributed by atoms with E-state index in [2.05, 4.69) is 21.3 Å². The van der Waals surface area contributed by atoms with Gasteiger partial charge in [0.1, 0.15) is 29.9 Å². The number of benzene rings is 2. The van der Waals surface area contributed by atoms with Crippen molar-refractivity contribution in [2.45, 2.75) is 91.1 Å². The van der Waals surface area contributed by atoms with Gasteiger partial charge in [0, 0.05) is 12.4 Å². The van der Waals surface area contributed by atoms with Crippen molar-refractivity contribution in [1.82, 2.24) is 35.9 Å². The van der Waals surface area contributed by atoms with Crippen molar-refractivity contribution < 1.29 is 24.0 Å². The van der Waals surface area contributed by atoms with Crippen LogP contribution in [-0.2, 0) is 32.1 Å². The van der Waals surface area contributed by atoms with Gasteiger partial charge in [0.05, 0.1) is 18.1 Å². The lowest BCUT2D eigenvalue weighted by molar-refractivity contribution is -0.141. The van der Waals surface area contributed by atoms with Crippen molar-refractivity contribution in [2.75, 3.05) is 7.05 Å². The Morgan fingerprint density at radius 2 is 1.47 bits per heavy atom. The molecular weight excluding hydrogens is 598 g/mol. The molecule has 1 aliphatic rings. The number of nitrogens with one attached hydrogen (secondary N) is 4. The smallest absolute Gasteiger partial charge is 0.270 e. The van der Waals surface area contributed by atoms with Gasteiger partial charge in [0.25, 0.3) is 5.91 Å². The third-order valence-corrected chi connectivity index (χ3v) is 8.54. The first-order chi connectivity index (χ1) is 22.3. The fourth-order valence-corrected chi connectivity index (χ4v) is 5.76. The van der Waals surface area contributed by atoms with Crippen molar-refractivity contribution in [1.29, 1.82) is 0 Å².